The first-order valence-electron chi connectivity index (χ1n) is 9.73. The zero-order chi connectivity index (χ0) is 21.0. The fourth-order valence-corrected chi connectivity index (χ4v) is 4.47. The predicted molar refractivity (Wildman–Crippen MR) is 112 cm³/mol. The zero-order valence-corrected chi connectivity index (χ0v) is 17.8. The molecule has 0 saturated carbocycles. The van der Waals surface area contributed by atoms with E-state index in [2.05, 4.69) is 24.0 Å². The second-order valence-corrected chi connectivity index (χ2v) is 8.23. The predicted octanol–water partition coefficient (Wildman–Crippen LogP) is 2.49. The SMILES string of the molecule is COc1ccc(-c2nnc(SCC(=O)N3CCCC[C@H]3C(N)=O)n2C(C)C)cc1. The average Bonchev–Trinajstić information content (AvgIpc) is 3.16. The highest BCUT2D eigenvalue weighted by Gasteiger charge is 2.30. The molecule has 0 radical (unpaired) electrons. The standard InChI is InChI=1S/C20H27N5O3S/c1-13(2)25-19(14-7-9-15(28-3)10-8-14)22-23-20(25)29-12-17(26)24-11-5-4-6-16(24)18(21)27/h7-10,13,16H,4-6,11-12H2,1-3H3,(H2,21,27)/t16-/m0/s1. The molecule has 1 aliphatic rings. The van der Waals surface area contributed by atoms with Crippen molar-refractivity contribution in [3.05, 3.63) is 24.3 Å². The van der Waals surface area contributed by atoms with Gasteiger partial charge in [-0.3, -0.25) is 14.2 Å². The van der Waals surface area contributed by atoms with Crippen LogP contribution in [0.4, 0.5) is 0 Å². The van der Waals surface area contributed by atoms with E-state index in [0.29, 0.717) is 18.1 Å². The molecule has 0 unspecified atom stereocenters. The Labute approximate surface area is 174 Å². The van der Waals surface area contributed by atoms with Gasteiger partial charge in [-0.2, -0.15) is 0 Å². The third kappa shape index (κ3) is 4.72. The molecule has 2 N–H and O–H groups in total. The Kier molecular flexibility index (Phi) is 6.79. The maximum atomic E-state index is 12.7. The van der Waals surface area contributed by atoms with Crippen LogP contribution in [-0.2, 0) is 9.59 Å². The minimum absolute atomic E-state index is 0.0946. The largest absolute Gasteiger partial charge is 0.497 e. The second kappa shape index (κ2) is 9.30. The normalized spacial score (nSPS) is 16.8. The lowest BCUT2D eigenvalue weighted by atomic mass is 10.0. The van der Waals surface area contributed by atoms with Gasteiger partial charge in [-0.15, -0.1) is 10.2 Å². The summed E-state index contributed by atoms with van der Waals surface area (Å²) in [6.45, 7) is 4.67. The second-order valence-electron chi connectivity index (χ2n) is 7.29. The number of aromatic nitrogens is 3. The molecule has 29 heavy (non-hydrogen) atoms. The van der Waals surface area contributed by atoms with Crippen LogP contribution in [0.2, 0.25) is 0 Å². The van der Waals surface area contributed by atoms with E-state index < -0.39 is 11.9 Å². The maximum Gasteiger partial charge on any atom is 0.240 e. The van der Waals surface area contributed by atoms with Crippen LogP contribution in [0.1, 0.15) is 39.2 Å². The Bertz CT molecular complexity index is 866. The van der Waals surface area contributed by atoms with Crippen molar-refractivity contribution < 1.29 is 14.3 Å². The van der Waals surface area contributed by atoms with E-state index in [1.165, 1.54) is 11.8 Å². The molecule has 1 aliphatic heterocycles. The molecule has 2 amide bonds. The van der Waals surface area contributed by atoms with Gasteiger partial charge in [0.25, 0.3) is 0 Å². The first kappa shape index (κ1) is 21.2. The van der Waals surface area contributed by atoms with Crippen LogP contribution in [0.5, 0.6) is 5.75 Å². The fraction of sp³-hybridized carbons (Fsp3) is 0.500. The van der Waals surface area contributed by atoms with Crippen molar-refractivity contribution in [3.8, 4) is 17.1 Å². The summed E-state index contributed by atoms with van der Waals surface area (Å²) in [5, 5.41) is 9.33. The van der Waals surface area contributed by atoms with Crippen LogP contribution in [0, 0.1) is 0 Å². The molecular formula is C20H27N5O3S. The highest BCUT2D eigenvalue weighted by Crippen LogP contribution is 2.29. The molecular weight excluding hydrogens is 390 g/mol. The number of carbonyl (C=O) groups excluding carboxylic acids is 2. The molecule has 3 rings (SSSR count). The highest BCUT2D eigenvalue weighted by molar-refractivity contribution is 7.99. The number of rotatable bonds is 7. The van der Waals surface area contributed by atoms with Gasteiger partial charge in [0.1, 0.15) is 11.8 Å². The fourth-order valence-electron chi connectivity index (χ4n) is 3.51. The number of nitrogens with two attached hydrogens (primary N) is 1. The first-order valence-corrected chi connectivity index (χ1v) is 10.7. The van der Waals surface area contributed by atoms with E-state index >= 15 is 0 Å². The number of hydrogen-bond donors (Lipinski definition) is 1. The zero-order valence-electron chi connectivity index (χ0n) is 17.0. The summed E-state index contributed by atoms with van der Waals surface area (Å²) in [5.41, 5.74) is 6.41. The van der Waals surface area contributed by atoms with Crippen molar-refractivity contribution in [2.45, 2.75) is 50.4 Å². The Balaban J connectivity index is 1.76. The van der Waals surface area contributed by atoms with Crippen molar-refractivity contribution in [3.63, 3.8) is 0 Å². The molecule has 0 bridgehead atoms. The Hall–Kier alpha value is -2.55. The number of carbonyl (C=O) groups is 2. The number of likely N-dealkylation sites (tertiary alicyclic amines) is 1. The third-order valence-corrected chi connectivity index (χ3v) is 5.93. The minimum atomic E-state index is -0.505. The molecule has 156 valence electrons. The summed E-state index contributed by atoms with van der Waals surface area (Å²) < 4.78 is 7.23. The molecule has 0 spiro atoms. The molecule has 0 aliphatic carbocycles. The Morgan fingerprint density at radius 2 is 1.97 bits per heavy atom. The lowest BCUT2D eigenvalue weighted by molar-refractivity contribution is -0.138. The van der Waals surface area contributed by atoms with Gasteiger partial charge in [-0.05, 0) is 57.4 Å². The van der Waals surface area contributed by atoms with Gasteiger partial charge < -0.3 is 15.4 Å². The number of piperidine rings is 1. The van der Waals surface area contributed by atoms with Gasteiger partial charge in [0.05, 0.1) is 12.9 Å². The van der Waals surface area contributed by atoms with Crippen molar-refractivity contribution in [1.82, 2.24) is 19.7 Å². The van der Waals surface area contributed by atoms with Crippen LogP contribution in [0.15, 0.2) is 29.4 Å². The highest BCUT2D eigenvalue weighted by atomic mass is 32.2. The lowest BCUT2D eigenvalue weighted by Gasteiger charge is -2.33. The van der Waals surface area contributed by atoms with Gasteiger partial charge in [0.15, 0.2) is 11.0 Å². The lowest BCUT2D eigenvalue weighted by Crippen LogP contribution is -2.51. The third-order valence-electron chi connectivity index (χ3n) is 5.01. The molecule has 1 saturated heterocycles. The number of nitrogens with zero attached hydrogens (tertiary/aromatic N) is 4. The molecule has 1 atom stereocenters. The monoisotopic (exact) mass is 417 g/mol. The van der Waals surface area contributed by atoms with Crippen LogP contribution in [0.3, 0.4) is 0 Å². The van der Waals surface area contributed by atoms with Crippen LogP contribution in [-0.4, -0.2) is 56.9 Å². The van der Waals surface area contributed by atoms with E-state index in [1.807, 2.05) is 28.8 Å². The van der Waals surface area contributed by atoms with Crippen LogP contribution >= 0.6 is 11.8 Å². The van der Waals surface area contributed by atoms with E-state index in [-0.39, 0.29) is 17.7 Å². The van der Waals surface area contributed by atoms with E-state index in [9.17, 15) is 9.59 Å². The van der Waals surface area contributed by atoms with Crippen molar-refractivity contribution in [2.24, 2.45) is 5.73 Å². The van der Waals surface area contributed by atoms with Crippen molar-refractivity contribution in [1.29, 1.82) is 0 Å². The number of benzene rings is 1. The number of amides is 2. The van der Waals surface area contributed by atoms with Gasteiger partial charge in [-0.1, -0.05) is 11.8 Å². The Morgan fingerprint density at radius 3 is 2.59 bits per heavy atom. The smallest absolute Gasteiger partial charge is 0.240 e. The molecule has 1 aromatic heterocycles. The topological polar surface area (TPSA) is 103 Å². The number of primary amides is 1. The summed E-state index contributed by atoms with van der Waals surface area (Å²) >= 11 is 1.34. The van der Waals surface area contributed by atoms with Gasteiger partial charge in [-0.25, -0.2) is 0 Å². The van der Waals surface area contributed by atoms with Gasteiger partial charge in [0, 0.05) is 18.2 Å². The van der Waals surface area contributed by atoms with E-state index in [4.69, 9.17) is 10.5 Å². The summed E-state index contributed by atoms with van der Waals surface area (Å²) in [6.07, 6.45) is 2.44. The van der Waals surface area contributed by atoms with Gasteiger partial charge >= 0.3 is 0 Å². The number of hydrogen-bond acceptors (Lipinski definition) is 6. The van der Waals surface area contributed by atoms with Gasteiger partial charge in [0.2, 0.25) is 11.8 Å². The summed E-state index contributed by atoms with van der Waals surface area (Å²) in [5.74, 6) is 1.18. The van der Waals surface area contributed by atoms with E-state index in [1.54, 1.807) is 12.0 Å². The van der Waals surface area contributed by atoms with Crippen LogP contribution < -0.4 is 10.5 Å². The average molecular weight is 418 g/mol. The molecule has 2 aromatic rings. The van der Waals surface area contributed by atoms with Crippen molar-refractivity contribution in [2.75, 3.05) is 19.4 Å². The quantitative estimate of drug-likeness (QED) is 0.694. The molecule has 9 heteroatoms. The maximum absolute atomic E-state index is 12.7. The Morgan fingerprint density at radius 1 is 1.24 bits per heavy atom. The number of methoxy groups -OCH3 is 1. The minimum Gasteiger partial charge on any atom is -0.497 e. The summed E-state index contributed by atoms with van der Waals surface area (Å²) in [4.78, 5) is 26.0. The summed E-state index contributed by atoms with van der Waals surface area (Å²) in [7, 11) is 1.63. The summed E-state index contributed by atoms with van der Waals surface area (Å²) in [6, 6.07) is 7.25. The number of thioether (sulfide) groups is 1. The van der Waals surface area contributed by atoms with E-state index in [0.717, 1.165) is 30.0 Å². The van der Waals surface area contributed by atoms with Crippen LogP contribution in [0.25, 0.3) is 11.4 Å². The number of ether oxygens (including phenoxy) is 1. The van der Waals surface area contributed by atoms with Crippen molar-refractivity contribution >= 4 is 23.6 Å². The molecule has 2 heterocycles. The molecule has 1 fully saturated rings. The molecule has 8 nitrogen and oxygen atoms in total. The first-order chi connectivity index (χ1) is 13.9. The molecule has 1 aromatic carbocycles.